The predicted octanol–water partition coefficient (Wildman–Crippen LogP) is 3.78. The minimum Gasteiger partial charge on any atom is -0.492 e. The van der Waals surface area contributed by atoms with Gasteiger partial charge in [0.2, 0.25) is 0 Å². The van der Waals surface area contributed by atoms with E-state index >= 15 is 0 Å². The summed E-state index contributed by atoms with van der Waals surface area (Å²) in [5.41, 5.74) is 2.33. The molecule has 0 radical (unpaired) electrons. The quantitative estimate of drug-likeness (QED) is 0.750. The van der Waals surface area contributed by atoms with Gasteiger partial charge in [0, 0.05) is 11.3 Å². The van der Waals surface area contributed by atoms with Crippen LogP contribution in [0.4, 0.5) is 10.1 Å². The first-order valence-corrected chi connectivity index (χ1v) is 8.36. The van der Waals surface area contributed by atoms with Crippen LogP contribution in [0, 0.1) is 12.7 Å². The van der Waals surface area contributed by atoms with Crippen molar-refractivity contribution in [3.63, 3.8) is 0 Å². The van der Waals surface area contributed by atoms with Gasteiger partial charge < -0.3 is 9.64 Å². The van der Waals surface area contributed by atoms with Crippen LogP contribution >= 0.6 is 0 Å². The molecule has 6 heteroatoms. The lowest BCUT2D eigenvalue weighted by Crippen LogP contribution is -2.29. The molecular weight excluding hydrogens is 321 g/mol. The zero-order valence-corrected chi connectivity index (χ0v) is 14.5. The lowest BCUT2D eigenvalue weighted by molar-refractivity contribution is -0.114. The van der Waals surface area contributed by atoms with Crippen LogP contribution in [0.25, 0.3) is 0 Å². The maximum atomic E-state index is 14.1. The van der Waals surface area contributed by atoms with Crippen molar-refractivity contribution in [3.8, 4) is 5.75 Å². The molecule has 2 aromatic rings. The second-order valence-corrected chi connectivity index (χ2v) is 6.21. The van der Waals surface area contributed by atoms with Crippen LogP contribution < -0.4 is 9.64 Å². The summed E-state index contributed by atoms with van der Waals surface area (Å²) in [6.07, 6.45) is 6.49. The maximum Gasteiger partial charge on any atom is 0.250 e. The van der Waals surface area contributed by atoms with Crippen LogP contribution in [0.2, 0.25) is 0 Å². The van der Waals surface area contributed by atoms with Crippen LogP contribution in [0.5, 0.6) is 5.75 Å². The van der Waals surface area contributed by atoms with E-state index in [4.69, 9.17) is 4.74 Å². The Morgan fingerprint density at radius 3 is 2.88 bits per heavy atom. The molecule has 0 aliphatic heterocycles. The highest BCUT2D eigenvalue weighted by Gasteiger charge is 2.25. The minimum absolute atomic E-state index is 0.0433. The molecule has 1 fully saturated rings. The monoisotopic (exact) mass is 343 g/mol. The van der Waals surface area contributed by atoms with Crippen molar-refractivity contribution in [1.29, 1.82) is 0 Å². The van der Waals surface area contributed by atoms with E-state index in [0.717, 1.165) is 24.1 Å². The first-order valence-electron chi connectivity index (χ1n) is 8.36. The Balaban J connectivity index is 1.95. The van der Waals surface area contributed by atoms with E-state index in [-0.39, 0.29) is 18.2 Å². The molecule has 0 atom stereocenters. The van der Waals surface area contributed by atoms with Crippen molar-refractivity contribution in [1.82, 2.24) is 9.78 Å². The van der Waals surface area contributed by atoms with Crippen molar-refractivity contribution in [2.75, 3.05) is 12.0 Å². The molecule has 3 rings (SSSR count). The number of halogens is 1. The highest BCUT2D eigenvalue weighted by molar-refractivity contribution is 6.02. The SMILES string of the molecule is C=CC(=O)N(Cc1cnn(C2CCC2)c1C)c1cccc(F)c1OC. The summed E-state index contributed by atoms with van der Waals surface area (Å²) >= 11 is 0. The highest BCUT2D eigenvalue weighted by Crippen LogP contribution is 2.35. The van der Waals surface area contributed by atoms with Crippen LogP contribution in [-0.2, 0) is 11.3 Å². The molecule has 132 valence electrons. The van der Waals surface area contributed by atoms with Crippen LogP contribution in [0.3, 0.4) is 0 Å². The van der Waals surface area contributed by atoms with Gasteiger partial charge in [0.25, 0.3) is 5.91 Å². The minimum atomic E-state index is -0.510. The van der Waals surface area contributed by atoms with Crippen molar-refractivity contribution in [2.45, 2.75) is 38.8 Å². The number of hydrogen-bond donors (Lipinski definition) is 0. The normalized spacial score (nSPS) is 14.0. The fourth-order valence-electron chi connectivity index (χ4n) is 3.09. The Bertz CT molecular complexity index is 796. The summed E-state index contributed by atoms with van der Waals surface area (Å²) in [5, 5.41) is 4.48. The average Bonchev–Trinajstić information content (AvgIpc) is 2.91. The number of methoxy groups -OCH3 is 1. The molecule has 1 aliphatic carbocycles. The van der Waals surface area contributed by atoms with Crippen molar-refractivity contribution in [3.05, 3.63) is 54.1 Å². The van der Waals surface area contributed by atoms with E-state index in [9.17, 15) is 9.18 Å². The number of carbonyl (C=O) groups excluding carboxylic acids is 1. The fraction of sp³-hybridized carbons (Fsp3) is 0.368. The van der Waals surface area contributed by atoms with Gasteiger partial charge in [0.1, 0.15) is 0 Å². The third-order valence-corrected chi connectivity index (χ3v) is 4.78. The molecule has 1 aromatic carbocycles. The van der Waals surface area contributed by atoms with Gasteiger partial charge in [-0.2, -0.15) is 5.10 Å². The standard InChI is InChI=1S/C19H22FN3O2/c1-4-18(24)22(17-10-6-9-16(20)19(17)25-3)12-14-11-21-23(13(14)2)15-7-5-8-15/h4,6,9-11,15H,1,5,7-8,12H2,2-3H3. The third-order valence-electron chi connectivity index (χ3n) is 4.78. The largest absolute Gasteiger partial charge is 0.492 e. The molecule has 0 N–H and O–H groups in total. The predicted molar refractivity (Wildman–Crippen MR) is 94.2 cm³/mol. The molecule has 0 spiro atoms. The van der Waals surface area contributed by atoms with Crippen LogP contribution in [-0.4, -0.2) is 22.8 Å². The number of carbonyl (C=O) groups is 1. The molecule has 1 aromatic heterocycles. The second-order valence-electron chi connectivity index (χ2n) is 6.21. The Kier molecular flexibility index (Phi) is 4.88. The van der Waals surface area contributed by atoms with E-state index in [2.05, 4.69) is 11.7 Å². The number of ether oxygens (including phenoxy) is 1. The fourth-order valence-corrected chi connectivity index (χ4v) is 3.09. The summed E-state index contributed by atoms with van der Waals surface area (Å²) in [7, 11) is 1.39. The second kappa shape index (κ2) is 7.09. The molecule has 1 heterocycles. The van der Waals surface area contributed by atoms with E-state index < -0.39 is 5.82 Å². The van der Waals surface area contributed by atoms with Gasteiger partial charge in [-0.3, -0.25) is 9.48 Å². The maximum absolute atomic E-state index is 14.1. The number of aromatic nitrogens is 2. The van der Waals surface area contributed by atoms with E-state index in [0.29, 0.717) is 11.7 Å². The lowest BCUT2D eigenvalue weighted by Gasteiger charge is -2.27. The number of hydrogen-bond acceptors (Lipinski definition) is 3. The third kappa shape index (κ3) is 3.16. The summed E-state index contributed by atoms with van der Waals surface area (Å²) in [4.78, 5) is 13.9. The van der Waals surface area contributed by atoms with Crippen molar-refractivity contribution < 1.29 is 13.9 Å². The van der Waals surface area contributed by atoms with Gasteiger partial charge in [0.15, 0.2) is 11.6 Å². The molecule has 0 bridgehead atoms. The molecule has 1 amide bonds. The zero-order chi connectivity index (χ0) is 18.0. The highest BCUT2D eigenvalue weighted by atomic mass is 19.1. The lowest BCUT2D eigenvalue weighted by atomic mass is 9.93. The summed E-state index contributed by atoms with van der Waals surface area (Å²) in [5.74, 6) is -0.787. The van der Waals surface area contributed by atoms with Gasteiger partial charge >= 0.3 is 0 Å². The number of nitrogens with zero attached hydrogens (tertiary/aromatic N) is 3. The molecule has 25 heavy (non-hydrogen) atoms. The average molecular weight is 343 g/mol. The zero-order valence-electron chi connectivity index (χ0n) is 14.5. The number of anilines is 1. The van der Waals surface area contributed by atoms with E-state index in [1.165, 1.54) is 30.6 Å². The number of benzene rings is 1. The Morgan fingerprint density at radius 2 is 2.28 bits per heavy atom. The van der Waals surface area contributed by atoms with Crippen LogP contribution in [0.1, 0.15) is 36.6 Å². The molecule has 1 saturated carbocycles. The summed E-state index contributed by atoms with van der Waals surface area (Å²) < 4.78 is 21.2. The topological polar surface area (TPSA) is 47.4 Å². The Labute approximate surface area is 146 Å². The molecule has 1 aliphatic rings. The van der Waals surface area contributed by atoms with E-state index in [1.54, 1.807) is 18.3 Å². The first-order chi connectivity index (χ1) is 12.1. The van der Waals surface area contributed by atoms with Crippen LogP contribution in [0.15, 0.2) is 37.1 Å². The van der Waals surface area contributed by atoms with Crippen molar-refractivity contribution in [2.24, 2.45) is 0 Å². The van der Waals surface area contributed by atoms with Gasteiger partial charge in [-0.1, -0.05) is 12.6 Å². The summed E-state index contributed by atoms with van der Waals surface area (Å²) in [6, 6.07) is 4.97. The molecule has 0 saturated heterocycles. The smallest absolute Gasteiger partial charge is 0.250 e. The summed E-state index contributed by atoms with van der Waals surface area (Å²) in [6.45, 7) is 5.84. The van der Waals surface area contributed by atoms with Gasteiger partial charge in [0.05, 0.1) is 31.6 Å². The molecule has 0 unspecified atom stereocenters. The Hall–Kier alpha value is -2.63. The first kappa shape index (κ1) is 17.2. The number of para-hydroxylation sites is 1. The molecule has 5 nitrogen and oxygen atoms in total. The number of rotatable bonds is 6. The van der Waals surface area contributed by atoms with Gasteiger partial charge in [-0.25, -0.2) is 4.39 Å². The Morgan fingerprint density at radius 1 is 1.52 bits per heavy atom. The number of amides is 1. The van der Waals surface area contributed by atoms with Gasteiger partial charge in [-0.05, 0) is 44.4 Å². The van der Waals surface area contributed by atoms with Gasteiger partial charge in [-0.15, -0.1) is 0 Å². The van der Waals surface area contributed by atoms with Crippen molar-refractivity contribution >= 4 is 11.6 Å². The van der Waals surface area contributed by atoms with E-state index in [1.807, 2.05) is 11.6 Å². The molecular formula is C19H22FN3O2.